The minimum atomic E-state index is -2.34. The number of benzene rings is 1. The predicted octanol–water partition coefficient (Wildman–Crippen LogP) is -1.94. The van der Waals surface area contributed by atoms with Crippen LogP contribution in [0.25, 0.3) is 10.9 Å². The van der Waals surface area contributed by atoms with Gasteiger partial charge in [-0.25, -0.2) is 0 Å². The topological polar surface area (TPSA) is 383 Å². The van der Waals surface area contributed by atoms with Gasteiger partial charge in [-0.15, -0.1) is 0 Å². The lowest BCUT2D eigenvalue weighted by Gasteiger charge is -2.32. The van der Waals surface area contributed by atoms with Gasteiger partial charge in [-0.3, -0.25) is 61.8 Å². The number of rotatable bonds is 15. The lowest BCUT2D eigenvalue weighted by molar-refractivity contribution is -0.145. The number of nitrogens with one attached hydrogen (secondary N) is 6. The van der Waals surface area contributed by atoms with Crippen LogP contribution in [-0.2, 0) is 70.0 Å². The van der Waals surface area contributed by atoms with Gasteiger partial charge in [-0.1, -0.05) is 47.5 Å². The third-order valence-corrected chi connectivity index (χ3v) is 16.0. The van der Waals surface area contributed by atoms with Gasteiger partial charge in [-0.2, -0.15) is 0 Å². The van der Waals surface area contributed by atoms with Crippen LogP contribution in [0.4, 0.5) is 0 Å². The Morgan fingerprint density at radius 1 is 0.846 bits per heavy atom. The highest BCUT2D eigenvalue weighted by molar-refractivity contribution is 7.85. The molecule has 0 saturated carbocycles. The number of aromatic amines is 1. The Bertz CT molecular complexity index is 2660. The molecule has 78 heavy (non-hydrogen) atoms. The maximum atomic E-state index is 15.0. The number of nitrogens with zero attached hydrogens (tertiary/aromatic N) is 2. The third kappa shape index (κ3) is 15.6. The summed E-state index contributed by atoms with van der Waals surface area (Å²) in [7, 11) is -2.34. The monoisotopic (exact) mass is 1110 g/mol. The summed E-state index contributed by atoms with van der Waals surface area (Å²) in [5.74, 6) is -14.1. The van der Waals surface area contributed by atoms with Gasteiger partial charge < -0.3 is 62.3 Å². The van der Waals surface area contributed by atoms with Crippen LogP contribution in [0, 0.1) is 23.7 Å². The summed E-state index contributed by atoms with van der Waals surface area (Å²) in [6.07, 6.45) is -0.586. The Morgan fingerprint density at radius 2 is 1.51 bits per heavy atom. The number of aromatic nitrogens is 1. The van der Waals surface area contributed by atoms with Crippen molar-refractivity contribution in [1.29, 1.82) is 0 Å². The molecule has 428 valence electrons. The molecule has 2 bridgehead atoms. The summed E-state index contributed by atoms with van der Waals surface area (Å²) in [5, 5.41) is 44.7. The number of primary amides is 1. The van der Waals surface area contributed by atoms with E-state index in [9.17, 15) is 68.1 Å². The third-order valence-electron chi connectivity index (χ3n) is 14.6. The van der Waals surface area contributed by atoms with Crippen molar-refractivity contribution in [2.75, 3.05) is 45.1 Å². The van der Waals surface area contributed by atoms with Gasteiger partial charge in [0.2, 0.25) is 41.4 Å². The normalized spacial score (nSPS) is 26.4. The molecule has 0 aliphatic carbocycles. The van der Waals surface area contributed by atoms with E-state index in [1.165, 1.54) is 24.0 Å². The number of carbonyl (C=O) groups excluding carboxylic acids is 11. The molecule has 1 aromatic heterocycles. The number of unbranched alkanes of at least 4 members (excludes halogenated alkanes) is 3. The Labute approximate surface area is 453 Å². The highest BCUT2D eigenvalue weighted by Gasteiger charge is 2.45. The number of hydrogen-bond donors (Lipinski definition) is 10. The van der Waals surface area contributed by atoms with Crippen LogP contribution in [-0.4, -0.2) is 181 Å². The molecule has 26 heteroatoms. The van der Waals surface area contributed by atoms with Gasteiger partial charge in [-0.05, 0) is 42.9 Å². The largest absolute Gasteiger partial charge is 0.494 e. The van der Waals surface area contributed by atoms with Crippen molar-refractivity contribution in [2.24, 2.45) is 29.4 Å². The standard InChI is InChI=1S/C51H69N9O16S.CH4/c1-4-26(2)45-49(73)54-21-41(67)55-35-25-77(75)50-33(32-10-9-31(20-34(32)56-50)76-14-8-6-5-7-13-59-43(69)11-12-44(59)70)15-28(47(71)53-22-42(68)57-45)16-38(64)46(27(3)39(65)24-61)58-48(72)36-19-30(62)23-60(36)51(74)29(17-37(35)63)18-40(52)66;/h9-12,20,26-30,35-36,39,45-46,56,61-62,65H,4-8,13-19,21-25H2,1-3H3,(H2,52,66)(H,53,71)(H,54,73)(H,55,67)(H,57,68)(H,58,72);1H4/t26-,27-,28+,29-,30+,35-,36?,39-,45-,46-,77?;/m0./s1. The lowest BCUT2D eigenvalue weighted by atomic mass is 9.85. The van der Waals surface area contributed by atoms with Crippen LogP contribution < -0.4 is 37.1 Å². The van der Waals surface area contributed by atoms with Gasteiger partial charge in [0.05, 0.1) is 78.6 Å². The number of H-pyrrole nitrogens is 1. The molecule has 1 aromatic carbocycles. The quantitative estimate of drug-likeness (QED) is 0.0685. The zero-order valence-electron chi connectivity index (χ0n) is 43.2. The summed E-state index contributed by atoms with van der Waals surface area (Å²) in [5.41, 5.74) is 6.10. The fraction of sp³-hybridized carbons (Fsp3) is 0.596. The van der Waals surface area contributed by atoms with E-state index in [2.05, 4.69) is 31.6 Å². The number of Topliss-reactive ketones (excluding diaryl/α,β-unsaturated/α-hetero) is 2. The van der Waals surface area contributed by atoms with Crippen molar-refractivity contribution >= 4 is 86.4 Å². The SMILES string of the molecule is C.CC[C@H](C)[C@@H]1NC(=O)CNC(=O)[C@H]2CC(=O)[C@H]([C@@H](C)[C@@H](O)CO)NC(=O)C3C[C@@H](O)CN3C(=O)[C@H](CC(N)=O)CC(=O)[C@H](CS(=O)c3[nH]c4cc(OCCCCCCN5C(=O)C=CC5=O)ccc4c3C2)NC(=O)CNC1=O. The number of fused-ring (bicyclic) bond motifs is 5. The van der Waals surface area contributed by atoms with E-state index in [4.69, 9.17) is 10.5 Å². The number of nitrogens with two attached hydrogens (primary N) is 1. The second-order valence-corrected chi connectivity index (χ2v) is 21.6. The molecule has 4 aliphatic heterocycles. The molecular weight excluding hydrogens is 1040 g/mol. The van der Waals surface area contributed by atoms with Crippen molar-refractivity contribution in [3.8, 4) is 5.75 Å². The van der Waals surface area contributed by atoms with Crippen molar-refractivity contribution in [1.82, 2.24) is 41.4 Å². The zero-order valence-corrected chi connectivity index (χ0v) is 44.0. The van der Waals surface area contributed by atoms with E-state index in [0.717, 1.165) is 4.90 Å². The molecular formula is C52H73N9O16S. The number of aliphatic hydroxyl groups excluding tert-OH is 3. The first kappa shape index (κ1) is 61.9. The summed E-state index contributed by atoms with van der Waals surface area (Å²) < 4.78 is 21.1. The van der Waals surface area contributed by atoms with Crippen molar-refractivity contribution in [2.45, 2.75) is 134 Å². The van der Waals surface area contributed by atoms with E-state index in [-0.39, 0.29) is 49.4 Å². The smallest absolute Gasteiger partial charge is 0.253 e. The number of hydrogen-bond acceptors (Lipinski definition) is 16. The Balaban J connectivity index is 0.0000112. The summed E-state index contributed by atoms with van der Waals surface area (Å²) in [6.45, 7) is 2.52. The average Bonchev–Trinajstić information content (AvgIpc) is 4.08. The molecule has 6 rings (SSSR count). The summed E-state index contributed by atoms with van der Waals surface area (Å²) in [6, 6.07) is -1.30. The van der Waals surface area contributed by atoms with E-state index in [1.54, 1.807) is 32.0 Å². The van der Waals surface area contributed by atoms with Crippen LogP contribution in [0.3, 0.4) is 0 Å². The first-order chi connectivity index (χ1) is 36.6. The van der Waals surface area contributed by atoms with Gasteiger partial charge in [0.15, 0.2) is 11.6 Å². The minimum Gasteiger partial charge on any atom is -0.494 e. The number of ketones is 2. The molecule has 0 radical (unpaired) electrons. The molecule has 1 fully saturated rings. The molecule has 1 saturated heterocycles. The summed E-state index contributed by atoms with van der Waals surface area (Å²) in [4.78, 5) is 155. The lowest BCUT2D eigenvalue weighted by Crippen LogP contribution is -2.56. The average molecular weight is 1110 g/mol. The van der Waals surface area contributed by atoms with Crippen molar-refractivity contribution in [3.63, 3.8) is 0 Å². The fourth-order valence-corrected chi connectivity index (χ4v) is 11.3. The number of carbonyl (C=O) groups is 11. The number of imide groups is 1. The van der Waals surface area contributed by atoms with Crippen LogP contribution in [0.5, 0.6) is 5.75 Å². The molecule has 2 unspecified atom stereocenters. The van der Waals surface area contributed by atoms with Gasteiger partial charge in [0.1, 0.15) is 22.9 Å². The number of ether oxygens (including phenoxy) is 1. The van der Waals surface area contributed by atoms with Gasteiger partial charge in [0.25, 0.3) is 11.8 Å². The second-order valence-electron chi connectivity index (χ2n) is 20.2. The van der Waals surface area contributed by atoms with E-state index < -0.39 is 181 Å². The Hall–Kier alpha value is -6.90. The maximum absolute atomic E-state index is 15.0. The highest BCUT2D eigenvalue weighted by atomic mass is 32.2. The van der Waals surface area contributed by atoms with E-state index in [0.29, 0.717) is 48.8 Å². The molecule has 11 N–H and O–H groups in total. The number of amides is 9. The Morgan fingerprint density at radius 3 is 2.18 bits per heavy atom. The molecule has 2 aromatic rings. The van der Waals surface area contributed by atoms with Crippen molar-refractivity contribution < 1.29 is 77.0 Å². The molecule has 11 atom stereocenters. The van der Waals surface area contributed by atoms with Crippen LogP contribution in [0.1, 0.15) is 91.5 Å². The van der Waals surface area contributed by atoms with Crippen molar-refractivity contribution in [3.05, 3.63) is 35.9 Å². The van der Waals surface area contributed by atoms with Crippen LogP contribution in [0.2, 0.25) is 0 Å². The van der Waals surface area contributed by atoms with Gasteiger partial charge in [0, 0.05) is 74.2 Å². The van der Waals surface area contributed by atoms with E-state index in [1.807, 2.05) is 0 Å². The molecule has 25 nitrogen and oxygen atoms in total. The molecule has 0 spiro atoms. The zero-order chi connectivity index (χ0) is 56.2. The molecule has 4 aliphatic rings. The first-order valence-electron chi connectivity index (χ1n) is 25.8. The fourth-order valence-electron chi connectivity index (χ4n) is 9.91. The van der Waals surface area contributed by atoms with E-state index >= 15 is 4.21 Å². The van der Waals surface area contributed by atoms with Crippen LogP contribution >= 0.6 is 0 Å². The predicted molar refractivity (Wildman–Crippen MR) is 280 cm³/mol. The summed E-state index contributed by atoms with van der Waals surface area (Å²) >= 11 is 0. The van der Waals surface area contributed by atoms with Gasteiger partial charge >= 0.3 is 0 Å². The maximum Gasteiger partial charge on any atom is 0.253 e. The molecule has 5 heterocycles. The first-order valence-corrected chi connectivity index (χ1v) is 27.2. The molecule has 9 amide bonds. The Kier molecular flexibility index (Phi) is 22.3. The highest BCUT2D eigenvalue weighted by Crippen LogP contribution is 2.33. The minimum absolute atomic E-state index is 0. The number of aliphatic hydroxyl groups is 3. The van der Waals surface area contributed by atoms with Crippen LogP contribution in [0.15, 0.2) is 35.4 Å². The second kappa shape index (κ2) is 28.1.